The van der Waals surface area contributed by atoms with E-state index in [4.69, 9.17) is 4.99 Å². The van der Waals surface area contributed by atoms with Crippen LogP contribution in [0.4, 0.5) is 0 Å². The molecule has 0 radical (unpaired) electrons. The number of allylic oxidation sites excluding steroid dienone is 4. The Morgan fingerprint density at radius 3 is 2.65 bits per heavy atom. The first-order chi connectivity index (χ1) is 9.74. The van der Waals surface area contributed by atoms with Gasteiger partial charge in [-0.15, -0.1) is 0 Å². The van der Waals surface area contributed by atoms with Crippen molar-refractivity contribution in [2.24, 2.45) is 10.9 Å². The molecule has 1 atom stereocenters. The van der Waals surface area contributed by atoms with Crippen molar-refractivity contribution in [1.29, 1.82) is 0 Å². The molecule has 1 fully saturated rings. The first-order valence-corrected chi connectivity index (χ1v) is 8.58. The summed E-state index contributed by atoms with van der Waals surface area (Å²) in [6.45, 7) is 4.38. The van der Waals surface area contributed by atoms with Crippen LogP contribution < -0.4 is 0 Å². The lowest BCUT2D eigenvalue weighted by Crippen LogP contribution is -2.13. The summed E-state index contributed by atoms with van der Waals surface area (Å²) in [5, 5.41) is 0. The second kappa shape index (κ2) is 8.44. The molecule has 0 saturated heterocycles. The summed E-state index contributed by atoms with van der Waals surface area (Å²) in [4.78, 5) is 4.85. The van der Waals surface area contributed by atoms with E-state index in [1.54, 1.807) is 5.57 Å². The molecule has 1 saturated carbocycles. The van der Waals surface area contributed by atoms with Crippen LogP contribution in [-0.2, 0) is 0 Å². The standard InChI is InChI=1S/C19H31N/c1-16(2)7-6-8-17-11-13-18(14-12-17)15-20-19-9-4-3-5-10-19/h7,11,15,18-19H,3-6,8-10,12-14H2,1-2H3. The van der Waals surface area contributed by atoms with Gasteiger partial charge < -0.3 is 0 Å². The summed E-state index contributed by atoms with van der Waals surface area (Å²) >= 11 is 0. The third-order valence-electron chi connectivity index (χ3n) is 4.65. The van der Waals surface area contributed by atoms with Crippen molar-refractivity contribution in [2.45, 2.75) is 84.1 Å². The predicted octanol–water partition coefficient (Wildman–Crippen LogP) is 5.86. The van der Waals surface area contributed by atoms with Crippen molar-refractivity contribution >= 4 is 6.21 Å². The molecule has 2 aliphatic carbocycles. The minimum atomic E-state index is 0.645. The zero-order chi connectivity index (χ0) is 14.2. The molecular formula is C19H31N. The van der Waals surface area contributed by atoms with Gasteiger partial charge in [-0.2, -0.15) is 0 Å². The third kappa shape index (κ3) is 5.64. The van der Waals surface area contributed by atoms with E-state index in [1.165, 1.54) is 69.8 Å². The van der Waals surface area contributed by atoms with Gasteiger partial charge in [-0.1, -0.05) is 42.6 Å². The predicted molar refractivity (Wildman–Crippen MR) is 89.5 cm³/mol. The van der Waals surface area contributed by atoms with E-state index in [9.17, 15) is 0 Å². The van der Waals surface area contributed by atoms with E-state index in [1.807, 2.05) is 0 Å². The van der Waals surface area contributed by atoms with Crippen LogP contribution >= 0.6 is 0 Å². The molecular weight excluding hydrogens is 242 g/mol. The highest BCUT2D eigenvalue weighted by molar-refractivity contribution is 5.61. The number of aliphatic imine (C=N–C) groups is 1. The number of rotatable bonds is 5. The van der Waals surface area contributed by atoms with Crippen molar-refractivity contribution in [3.63, 3.8) is 0 Å². The van der Waals surface area contributed by atoms with E-state index in [-0.39, 0.29) is 0 Å². The zero-order valence-electron chi connectivity index (χ0n) is 13.4. The number of hydrogen-bond donors (Lipinski definition) is 0. The van der Waals surface area contributed by atoms with Gasteiger partial charge in [0, 0.05) is 12.3 Å². The minimum absolute atomic E-state index is 0.645. The van der Waals surface area contributed by atoms with Crippen LogP contribution in [0.15, 0.2) is 28.3 Å². The molecule has 1 unspecified atom stereocenters. The Bertz CT molecular complexity index is 365. The molecule has 0 N–H and O–H groups in total. The monoisotopic (exact) mass is 273 g/mol. The SMILES string of the molecule is CC(C)=CCCC1=CCC(C=NC2CCCCC2)CC1. The molecule has 0 aromatic rings. The van der Waals surface area contributed by atoms with Crippen molar-refractivity contribution in [1.82, 2.24) is 0 Å². The van der Waals surface area contributed by atoms with Gasteiger partial charge in [-0.3, -0.25) is 4.99 Å². The molecule has 20 heavy (non-hydrogen) atoms. The van der Waals surface area contributed by atoms with Gasteiger partial charge in [-0.25, -0.2) is 0 Å². The van der Waals surface area contributed by atoms with Crippen molar-refractivity contribution in [3.05, 3.63) is 23.3 Å². The number of hydrogen-bond acceptors (Lipinski definition) is 1. The Balaban J connectivity index is 1.71. The topological polar surface area (TPSA) is 12.4 Å². The Hall–Kier alpha value is -0.850. The van der Waals surface area contributed by atoms with Crippen molar-refractivity contribution < 1.29 is 0 Å². The van der Waals surface area contributed by atoms with E-state index >= 15 is 0 Å². The van der Waals surface area contributed by atoms with Gasteiger partial charge in [0.15, 0.2) is 0 Å². The second-order valence-corrected chi connectivity index (χ2v) is 6.81. The third-order valence-corrected chi connectivity index (χ3v) is 4.65. The number of nitrogens with zero attached hydrogens (tertiary/aromatic N) is 1. The lowest BCUT2D eigenvalue weighted by Gasteiger charge is -2.21. The minimum Gasteiger partial charge on any atom is -0.294 e. The second-order valence-electron chi connectivity index (χ2n) is 6.81. The first kappa shape index (κ1) is 15.5. The Kier molecular flexibility index (Phi) is 6.56. The fourth-order valence-electron chi connectivity index (χ4n) is 3.29. The fourth-order valence-corrected chi connectivity index (χ4v) is 3.29. The quantitative estimate of drug-likeness (QED) is 0.439. The van der Waals surface area contributed by atoms with Crippen LogP contribution in [0.1, 0.15) is 78.1 Å². The van der Waals surface area contributed by atoms with Crippen molar-refractivity contribution in [3.8, 4) is 0 Å². The Morgan fingerprint density at radius 2 is 2.00 bits per heavy atom. The molecule has 0 spiro atoms. The van der Waals surface area contributed by atoms with Gasteiger partial charge in [-0.05, 0) is 64.7 Å². The maximum Gasteiger partial charge on any atom is 0.0495 e. The van der Waals surface area contributed by atoms with Crippen LogP contribution in [-0.4, -0.2) is 12.3 Å². The van der Waals surface area contributed by atoms with Gasteiger partial charge in [0.1, 0.15) is 0 Å². The summed E-state index contributed by atoms with van der Waals surface area (Å²) in [5.74, 6) is 0.712. The molecule has 2 aliphatic rings. The lowest BCUT2D eigenvalue weighted by atomic mass is 9.88. The molecule has 0 amide bonds. The van der Waals surface area contributed by atoms with E-state index in [2.05, 4.69) is 32.2 Å². The maximum absolute atomic E-state index is 4.85. The largest absolute Gasteiger partial charge is 0.294 e. The molecule has 0 heterocycles. The van der Waals surface area contributed by atoms with Crippen LogP contribution in [0.25, 0.3) is 0 Å². The van der Waals surface area contributed by atoms with Gasteiger partial charge in [0.05, 0.1) is 0 Å². The normalized spacial score (nSPS) is 24.7. The molecule has 0 aromatic heterocycles. The first-order valence-electron chi connectivity index (χ1n) is 8.58. The zero-order valence-corrected chi connectivity index (χ0v) is 13.4. The smallest absolute Gasteiger partial charge is 0.0495 e. The summed E-state index contributed by atoms with van der Waals surface area (Å²) in [6, 6.07) is 0.645. The van der Waals surface area contributed by atoms with Crippen LogP contribution in [0, 0.1) is 5.92 Å². The van der Waals surface area contributed by atoms with E-state index in [0.717, 1.165) is 0 Å². The summed E-state index contributed by atoms with van der Waals surface area (Å²) in [6.07, 6.45) is 20.3. The van der Waals surface area contributed by atoms with Gasteiger partial charge in [0.25, 0.3) is 0 Å². The van der Waals surface area contributed by atoms with Crippen LogP contribution in [0.5, 0.6) is 0 Å². The molecule has 2 rings (SSSR count). The molecule has 0 aromatic carbocycles. The molecule has 112 valence electrons. The Morgan fingerprint density at radius 1 is 1.20 bits per heavy atom. The average molecular weight is 273 g/mol. The fraction of sp³-hybridized carbons (Fsp3) is 0.737. The van der Waals surface area contributed by atoms with Gasteiger partial charge >= 0.3 is 0 Å². The van der Waals surface area contributed by atoms with E-state index in [0.29, 0.717) is 12.0 Å². The van der Waals surface area contributed by atoms with Crippen molar-refractivity contribution in [2.75, 3.05) is 0 Å². The summed E-state index contributed by atoms with van der Waals surface area (Å²) < 4.78 is 0. The summed E-state index contributed by atoms with van der Waals surface area (Å²) in [7, 11) is 0. The van der Waals surface area contributed by atoms with Gasteiger partial charge in [0.2, 0.25) is 0 Å². The molecule has 1 heteroatoms. The highest BCUT2D eigenvalue weighted by atomic mass is 14.8. The summed E-state index contributed by atoms with van der Waals surface area (Å²) in [5.41, 5.74) is 3.11. The van der Waals surface area contributed by atoms with Crippen LogP contribution in [0.2, 0.25) is 0 Å². The highest BCUT2D eigenvalue weighted by Gasteiger charge is 2.14. The maximum atomic E-state index is 4.85. The van der Waals surface area contributed by atoms with E-state index < -0.39 is 0 Å². The Labute approximate surface area is 125 Å². The van der Waals surface area contributed by atoms with Crippen LogP contribution in [0.3, 0.4) is 0 Å². The molecule has 1 nitrogen and oxygen atoms in total. The highest BCUT2D eigenvalue weighted by Crippen LogP contribution is 2.26. The molecule has 0 bridgehead atoms. The lowest BCUT2D eigenvalue weighted by molar-refractivity contribution is 0.441. The molecule has 0 aliphatic heterocycles. The average Bonchev–Trinajstić information content (AvgIpc) is 2.47.